The van der Waals surface area contributed by atoms with Gasteiger partial charge in [-0.1, -0.05) is 6.07 Å². The fourth-order valence-corrected chi connectivity index (χ4v) is 2.05. The number of aromatic nitrogens is 4. The van der Waals surface area contributed by atoms with Crippen molar-refractivity contribution in [3.63, 3.8) is 0 Å². The third-order valence-electron chi connectivity index (χ3n) is 3.35. The van der Waals surface area contributed by atoms with Gasteiger partial charge in [-0.15, -0.1) is 28.2 Å². The fourth-order valence-electron chi connectivity index (χ4n) is 2.05. The third kappa shape index (κ3) is 4.57. The van der Waals surface area contributed by atoms with E-state index in [-0.39, 0.29) is 17.2 Å². The average molecular weight is 381 g/mol. The Bertz CT molecular complexity index is 970. The van der Waals surface area contributed by atoms with E-state index >= 15 is 0 Å². The van der Waals surface area contributed by atoms with E-state index in [1.165, 1.54) is 24.3 Å². The lowest BCUT2D eigenvalue weighted by Gasteiger charge is -2.08. The number of anilines is 1. The number of carbonyl (C=O) groups is 1. The predicted molar refractivity (Wildman–Crippen MR) is 84.9 cm³/mol. The molecule has 0 saturated carbocycles. The molecule has 0 aliphatic heterocycles. The Kier molecular flexibility index (Phi) is 4.75. The molecular weight excluding hydrogens is 370 g/mol. The first-order valence-corrected chi connectivity index (χ1v) is 7.45. The van der Waals surface area contributed by atoms with Gasteiger partial charge >= 0.3 is 6.36 Å². The van der Waals surface area contributed by atoms with E-state index in [2.05, 4.69) is 25.5 Å². The summed E-state index contributed by atoms with van der Waals surface area (Å²) in [6, 6.07) is 8.83. The second-order valence-corrected chi connectivity index (χ2v) is 5.36. The van der Waals surface area contributed by atoms with Gasteiger partial charge in [0.05, 0.1) is 5.69 Å². The first-order chi connectivity index (χ1) is 12.7. The molecule has 0 aliphatic carbocycles. The molecule has 0 radical (unpaired) electrons. The summed E-state index contributed by atoms with van der Waals surface area (Å²) in [5.41, 5.74) is 0.903. The van der Waals surface area contributed by atoms with E-state index in [1.54, 1.807) is 6.92 Å². The van der Waals surface area contributed by atoms with Crippen LogP contribution >= 0.6 is 0 Å². The fraction of sp³-hybridized carbons (Fsp3) is 0.125. The number of hydrogen-bond donors (Lipinski definition) is 1. The molecule has 1 N–H and O–H groups in total. The van der Waals surface area contributed by atoms with Crippen molar-refractivity contribution in [3.8, 4) is 11.4 Å². The second kappa shape index (κ2) is 7.02. The van der Waals surface area contributed by atoms with E-state index in [0.717, 1.165) is 23.0 Å². The highest BCUT2D eigenvalue weighted by Crippen LogP contribution is 2.23. The summed E-state index contributed by atoms with van der Waals surface area (Å²) in [5, 5.41) is 13.5. The van der Waals surface area contributed by atoms with Gasteiger partial charge in [-0.3, -0.25) is 4.79 Å². The molecule has 1 amide bonds. The highest BCUT2D eigenvalue weighted by atomic mass is 19.4. The van der Waals surface area contributed by atoms with Crippen molar-refractivity contribution in [2.45, 2.75) is 13.3 Å². The summed E-state index contributed by atoms with van der Waals surface area (Å²) in [5.74, 6) is -1.91. The molecule has 0 unspecified atom stereocenters. The normalized spacial score (nSPS) is 11.3. The molecule has 0 saturated heterocycles. The summed E-state index contributed by atoms with van der Waals surface area (Å²) in [6.07, 6.45) is -4.80. The number of benzene rings is 2. The molecule has 0 aliphatic rings. The molecule has 1 aromatic heterocycles. The monoisotopic (exact) mass is 381 g/mol. The zero-order chi connectivity index (χ0) is 19.6. The number of aryl methyl sites for hydroxylation is 1. The number of tetrazole rings is 1. The number of carbonyl (C=O) groups excluding carboxylic acids is 1. The summed E-state index contributed by atoms with van der Waals surface area (Å²) in [4.78, 5) is 13.1. The van der Waals surface area contributed by atoms with Gasteiger partial charge < -0.3 is 10.1 Å². The zero-order valence-electron chi connectivity index (χ0n) is 13.7. The summed E-state index contributed by atoms with van der Waals surface area (Å²) >= 11 is 0. The molecular formula is C16H11F4N5O2. The van der Waals surface area contributed by atoms with Crippen molar-refractivity contribution in [2.75, 3.05) is 5.32 Å². The number of halogens is 4. The molecule has 3 rings (SSSR count). The van der Waals surface area contributed by atoms with E-state index < -0.39 is 23.8 Å². The van der Waals surface area contributed by atoms with Gasteiger partial charge in [0.1, 0.15) is 11.6 Å². The molecule has 11 heteroatoms. The van der Waals surface area contributed by atoms with Crippen LogP contribution in [0.5, 0.6) is 5.75 Å². The molecule has 0 atom stereocenters. The molecule has 7 nitrogen and oxygen atoms in total. The Morgan fingerprint density at radius 1 is 1.15 bits per heavy atom. The number of alkyl halides is 3. The quantitative estimate of drug-likeness (QED) is 0.702. The molecule has 0 spiro atoms. The number of amides is 1. The smallest absolute Gasteiger partial charge is 0.406 e. The number of ether oxygens (including phenoxy) is 1. The van der Waals surface area contributed by atoms with Crippen molar-refractivity contribution in [2.24, 2.45) is 0 Å². The maximum Gasteiger partial charge on any atom is 0.573 e. The molecule has 1 heterocycles. The van der Waals surface area contributed by atoms with Crippen LogP contribution in [0, 0.1) is 12.7 Å². The predicted octanol–water partition coefficient (Wildman–Crippen LogP) is 3.26. The lowest BCUT2D eigenvalue weighted by Crippen LogP contribution is -2.17. The minimum absolute atomic E-state index is 0.216. The third-order valence-corrected chi connectivity index (χ3v) is 3.35. The van der Waals surface area contributed by atoms with Crippen LogP contribution in [-0.4, -0.2) is 32.5 Å². The molecule has 0 bridgehead atoms. The average Bonchev–Trinajstić information content (AvgIpc) is 3.08. The SMILES string of the molecule is Cc1ccc(NC(=O)c2nnn(-c3ccc(OC(F)(F)F)cc3)n2)cc1F. The van der Waals surface area contributed by atoms with Crippen LogP contribution in [-0.2, 0) is 0 Å². The van der Waals surface area contributed by atoms with Crippen molar-refractivity contribution in [1.82, 2.24) is 20.2 Å². The molecule has 140 valence electrons. The summed E-state index contributed by atoms with van der Waals surface area (Å²) < 4.78 is 53.7. The highest BCUT2D eigenvalue weighted by molar-refractivity contribution is 6.01. The number of nitrogens with one attached hydrogen (secondary N) is 1. The zero-order valence-corrected chi connectivity index (χ0v) is 13.7. The Hall–Kier alpha value is -3.50. The van der Waals surface area contributed by atoms with Crippen LogP contribution in [0.1, 0.15) is 16.2 Å². The first kappa shape index (κ1) is 18.3. The Balaban J connectivity index is 1.72. The Labute approximate surface area is 149 Å². The molecule has 27 heavy (non-hydrogen) atoms. The largest absolute Gasteiger partial charge is 0.573 e. The molecule has 2 aromatic carbocycles. The van der Waals surface area contributed by atoms with Gasteiger partial charge in [0, 0.05) is 5.69 Å². The van der Waals surface area contributed by atoms with E-state index in [0.29, 0.717) is 5.56 Å². The van der Waals surface area contributed by atoms with Crippen molar-refractivity contribution in [1.29, 1.82) is 0 Å². The van der Waals surface area contributed by atoms with Crippen molar-refractivity contribution < 1.29 is 27.1 Å². The van der Waals surface area contributed by atoms with Gasteiger partial charge in [-0.25, -0.2) is 4.39 Å². The van der Waals surface area contributed by atoms with Crippen molar-refractivity contribution in [3.05, 3.63) is 59.7 Å². The maximum absolute atomic E-state index is 13.5. The second-order valence-electron chi connectivity index (χ2n) is 5.36. The highest BCUT2D eigenvalue weighted by Gasteiger charge is 2.31. The van der Waals surface area contributed by atoms with Crippen LogP contribution in [0.2, 0.25) is 0 Å². The van der Waals surface area contributed by atoms with Gasteiger partial charge in [0.25, 0.3) is 11.7 Å². The minimum atomic E-state index is -4.80. The van der Waals surface area contributed by atoms with Crippen LogP contribution in [0.3, 0.4) is 0 Å². The van der Waals surface area contributed by atoms with Gasteiger partial charge in [-0.2, -0.15) is 0 Å². The minimum Gasteiger partial charge on any atom is -0.406 e. The number of nitrogens with zero attached hydrogens (tertiary/aromatic N) is 4. The lowest BCUT2D eigenvalue weighted by molar-refractivity contribution is -0.274. The van der Waals surface area contributed by atoms with Crippen LogP contribution in [0.4, 0.5) is 23.2 Å². The molecule has 0 fully saturated rings. The van der Waals surface area contributed by atoms with E-state index in [9.17, 15) is 22.4 Å². The van der Waals surface area contributed by atoms with E-state index in [4.69, 9.17) is 0 Å². The van der Waals surface area contributed by atoms with Crippen LogP contribution in [0.25, 0.3) is 5.69 Å². The number of rotatable bonds is 4. The van der Waals surface area contributed by atoms with Gasteiger partial charge in [0.15, 0.2) is 0 Å². The van der Waals surface area contributed by atoms with Crippen LogP contribution < -0.4 is 10.1 Å². The van der Waals surface area contributed by atoms with Gasteiger partial charge in [-0.05, 0) is 54.1 Å². The first-order valence-electron chi connectivity index (χ1n) is 7.45. The maximum atomic E-state index is 13.5. The van der Waals surface area contributed by atoms with E-state index in [1.807, 2.05) is 0 Å². The van der Waals surface area contributed by atoms with Gasteiger partial charge in [0.2, 0.25) is 0 Å². The topological polar surface area (TPSA) is 81.9 Å². The van der Waals surface area contributed by atoms with Crippen molar-refractivity contribution >= 4 is 11.6 Å². The summed E-state index contributed by atoms with van der Waals surface area (Å²) in [7, 11) is 0. The lowest BCUT2D eigenvalue weighted by atomic mass is 10.2. The molecule has 3 aromatic rings. The Morgan fingerprint density at radius 3 is 2.48 bits per heavy atom. The summed E-state index contributed by atoms with van der Waals surface area (Å²) in [6.45, 7) is 1.58. The van der Waals surface area contributed by atoms with Crippen LogP contribution in [0.15, 0.2) is 42.5 Å². The Morgan fingerprint density at radius 2 is 1.85 bits per heavy atom. The number of hydrogen-bond acceptors (Lipinski definition) is 5. The standard InChI is InChI=1S/C16H11F4N5O2/c1-9-2-3-10(8-13(9)17)21-15(26)14-22-24-25(23-14)11-4-6-12(7-5-11)27-16(18,19)20/h2-8H,1H3,(H,21,26).